The van der Waals surface area contributed by atoms with Crippen LogP contribution in [0.1, 0.15) is 31.2 Å². The fourth-order valence-corrected chi connectivity index (χ4v) is 3.53. The number of carbonyl (C=O) groups is 6. The van der Waals surface area contributed by atoms with E-state index in [0.717, 1.165) is 16.5 Å². The van der Waals surface area contributed by atoms with Crippen LogP contribution in [0.25, 0.3) is 10.9 Å². The Balaban J connectivity index is 1.94. The number of hydrogen-bond acceptors (Lipinski definition) is 7. The van der Waals surface area contributed by atoms with Crippen LogP contribution in [-0.2, 0) is 35.2 Å². The molecule has 1 aromatic heterocycles. The molecule has 1 heterocycles. The number of aromatic nitrogens is 1. The van der Waals surface area contributed by atoms with Crippen molar-refractivity contribution < 1.29 is 39.0 Å². The summed E-state index contributed by atoms with van der Waals surface area (Å²) in [5, 5.41) is 25.7. The highest BCUT2D eigenvalue weighted by molar-refractivity contribution is 5.93. The maximum Gasteiger partial charge on any atom is 0.326 e. The molecule has 14 heteroatoms. The monoisotopic (exact) mass is 518 g/mol. The average molecular weight is 519 g/mol. The van der Waals surface area contributed by atoms with Crippen molar-refractivity contribution >= 4 is 46.5 Å². The molecule has 3 unspecified atom stereocenters. The van der Waals surface area contributed by atoms with E-state index in [1.54, 1.807) is 6.20 Å². The molecule has 4 amide bonds. The molecule has 0 aliphatic rings. The lowest BCUT2D eigenvalue weighted by Gasteiger charge is -2.21. The predicted octanol–water partition coefficient (Wildman–Crippen LogP) is -1.66. The van der Waals surface area contributed by atoms with Gasteiger partial charge in [0.25, 0.3) is 0 Å². The number of benzene rings is 1. The van der Waals surface area contributed by atoms with Crippen LogP contribution in [0.4, 0.5) is 0 Å². The summed E-state index contributed by atoms with van der Waals surface area (Å²) >= 11 is 0. The van der Waals surface area contributed by atoms with E-state index in [9.17, 15) is 33.9 Å². The Labute approximate surface area is 211 Å². The largest absolute Gasteiger partial charge is 0.481 e. The molecular weight excluding hydrogens is 488 g/mol. The molecule has 3 atom stereocenters. The van der Waals surface area contributed by atoms with Gasteiger partial charge in [-0.1, -0.05) is 18.2 Å². The summed E-state index contributed by atoms with van der Waals surface area (Å²) in [4.78, 5) is 73.7. The van der Waals surface area contributed by atoms with Crippen LogP contribution >= 0.6 is 0 Å². The number of primary amides is 1. The van der Waals surface area contributed by atoms with Gasteiger partial charge in [-0.15, -0.1) is 0 Å². The lowest BCUT2D eigenvalue weighted by atomic mass is 10.1. The maximum atomic E-state index is 12.6. The smallest absolute Gasteiger partial charge is 0.326 e. The van der Waals surface area contributed by atoms with Crippen LogP contribution in [0.2, 0.25) is 0 Å². The van der Waals surface area contributed by atoms with Crippen molar-refractivity contribution in [3.8, 4) is 0 Å². The summed E-state index contributed by atoms with van der Waals surface area (Å²) in [6.45, 7) is -0.540. The van der Waals surface area contributed by atoms with E-state index in [0.29, 0.717) is 0 Å². The Kier molecular flexibility index (Phi) is 10.6. The molecular formula is C23H30N6O8. The van der Waals surface area contributed by atoms with Gasteiger partial charge in [0.1, 0.15) is 12.1 Å². The van der Waals surface area contributed by atoms with Crippen LogP contribution in [0.3, 0.4) is 0 Å². The number of fused-ring (bicyclic) bond motifs is 1. The summed E-state index contributed by atoms with van der Waals surface area (Å²) < 4.78 is 0. The second-order valence-corrected chi connectivity index (χ2v) is 8.34. The van der Waals surface area contributed by atoms with E-state index in [4.69, 9.17) is 16.6 Å². The summed E-state index contributed by atoms with van der Waals surface area (Å²) in [6, 6.07) is 3.62. The molecule has 10 N–H and O–H groups in total. The number of nitrogens with two attached hydrogens (primary N) is 2. The minimum atomic E-state index is -1.53. The first-order chi connectivity index (χ1) is 17.5. The van der Waals surface area contributed by atoms with Gasteiger partial charge in [-0.3, -0.25) is 24.0 Å². The molecule has 0 saturated heterocycles. The molecule has 0 aliphatic heterocycles. The first kappa shape index (κ1) is 28.8. The van der Waals surface area contributed by atoms with Gasteiger partial charge in [0.15, 0.2) is 0 Å². The standard InChI is InChI=1S/C23H30N6O8/c24-14(9-12-10-26-15-4-2-1-3-13(12)15)21(34)27-11-19(31)28-16(5-7-18(25)30)22(35)29-17(23(36)37)6-8-20(32)33/h1-4,10,14,16-17,26H,5-9,11,24H2,(H2,25,30)(H,27,34)(H,28,31)(H,29,35)(H,32,33)(H,36,37). The molecule has 0 radical (unpaired) electrons. The number of aliphatic carboxylic acids is 2. The fourth-order valence-electron chi connectivity index (χ4n) is 3.53. The topological polar surface area (TPSA) is 247 Å². The molecule has 0 saturated carbocycles. The van der Waals surface area contributed by atoms with Crippen LogP contribution in [-0.4, -0.2) is 75.4 Å². The van der Waals surface area contributed by atoms with Crippen LogP contribution in [0.5, 0.6) is 0 Å². The van der Waals surface area contributed by atoms with Crippen molar-refractivity contribution in [2.75, 3.05) is 6.54 Å². The van der Waals surface area contributed by atoms with E-state index < -0.39 is 73.1 Å². The molecule has 1 aromatic carbocycles. The number of hydrogen-bond donors (Lipinski definition) is 8. The Morgan fingerprint density at radius 3 is 2.24 bits per heavy atom. The number of H-pyrrole nitrogens is 1. The van der Waals surface area contributed by atoms with Gasteiger partial charge in [-0.25, -0.2) is 4.79 Å². The lowest BCUT2D eigenvalue weighted by molar-refractivity contribution is -0.143. The molecule has 37 heavy (non-hydrogen) atoms. The van der Waals surface area contributed by atoms with E-state index in [1.165, 1.54) is 0 Å². The van der Waals surface area contributed by atoms with E-state index in [2.05, 4.69) is 20.9 Å². The summed E-state index contributed by atoms with van der Waals surface area (Å²) in [5.74, 6) is -5.84. The first-order valence-electron chi connectivity index (χ1n) is 11.4. The Bertz CT molecular complexity index is 1160. The van der Waals surface area contributed by atoms with E-state index >= 15 is 0 Å². The predicted molar refractivity (Wildman–Crippen MR) is 130 cm³/mol. The second kappa shape index (κ2) is 13.6. The number of carboxylic acids is 2. The third kappa shape index (κ3) is 9.25. The quantitative estimate of drug-likeness (QED) is 0.134. The number of carbonyl (C=O) groups excluding carboxylic acids is 4. The van der Waals surface area contributed by atoms with Crippen molar-refractivity contribution in [2.45, 2.75) is 50.2 Å². The third-order valence-electron chi connectivity index (χ3n) is 5.47. The van der Waals surface area contributed by atoms with Crippen molar-refractivity contribution in [1.29, 1.82) is 0 Å². The number of nitrogens with one attached hydrogen (secondary N) is 4. The van der Waals surface area contributed by atoms with Gasteiger partial charge < -0.3 is 42.6 Å². The highest BCUT2D eigenvalue weighted by Gasteiger charge is 2.27. The molecule has 200 valence electrons. The van der Waals surface area contributed by atoms with Gasteiger partial charge in [-0.2, -0.15) is 0 Å². The number of carboxylic acid groups (broad SMARTS) is 2. The zero-order valence-corrected chi connectivity index (χ0v) is 19.9. The van der Waals surface area contributed by atoms with E-state index in [-0.39, 0.29) is 19.3 Å². The highest BCUT2D eigenvalue weighted by atomic mass is 16.4. The average Bonchev–Trinajstić information content (AvgIpc) is 3.24. The molecule has 14 nitrogen and oxygen atoms in total. The van der Waals surface area contributed by atoms with Crippen molar-refractivity contribution in [1.82, 2.24) is 20.9 Å². The van der Waals surface area contributed by atoms with Gasteiger partial charge >= 0.3 is 11.9 Å². The van der Waals surface area contributed by atoms with Crippen molar-refractivity contribution in [3.05, 3.63) is 36.0 Å². The molecule has 2 aromatic rings. The molecule has 0 spiro atoms. The van der Waals surface area contributed by atoms with Gasteiger partial charge in [0.2, 0.25) is 23.6 Å². The zero-order chi connectivity index (χ0) is 27.5. The zero-order valence-electron chi connectivity index (χ0n) is 19.9. The normalized spacial score (nSPS) is 13.2. The molecule has 0 bridgehead atoms. The lowest BCUT2D eigenvalue weighted by Crippen LogP contribution is -2.54. The SMILES string of the molecule is NC(=O)CCC(NC(=O)CNC(=O)C(N)Cc1c[nH]c2ccccc12)C(=O)NC(CCC(=O)O)C(=O)O. The van der Waals surface area contributed by atoms with E-state index in [1.807, 2.05) is 24.3 Å². The summed E-state index contributed by atoms with van der Waals surface area (Å²) in [7, 11) is 0. The second-order valence-electron chi connectivity index (χ2n) is 8.34. The number of para-hydroxylation sites is 1. The molecule has 2 rings (SSSR count). The van der Waals surface area contributed by atoms with Crippen LogP contribution in [0.15, 0.2) is 30.5 Å². The minimum Gasteiger partial charge on any atom is -0.481 e. The third-order valence-corrected chi connectivity index (χ3v) is 5.47. The first-order valence-corrected chi connectivity index (χ1v) is 11.4. The summed E-state index contributed by atoms with van der Waals surface area (Å²) in [6.07, 6.45) is 0.498. The van der Waals surface area contributed by atoms with Gasteiger partial charge in [0, 0.05) is 29.9 Å². The van der Waals surface area contributed by atoms with Crippen molar-refractivity contribution in [2.24, 2.45) is 11.5 Å². The fraction of sp³-hybridized carbons (Fsp3) is 0.391. The van der Waals surface area contributed by atoms with Crippen LogP contribution < -0.4 is 27.4 Å². The Morgan fingerprint density at radius 2 is 1.59 bits per heavy atom. The van der Waals surface area contributed by atoms with Crippen molar-refractivity contribution in [3.63, 3.8) is 0 Å². The summed E-state index contributed by atoms with van der Waals surface area (Å²) in [5.41, 5.74) is 12.8. The minimum absolute atomic E-state index is 0.202. The Morgan fingerprint density at radius 1 is 0.919 bits per heavy atom. The highest BCUT2D eigenvalue weighted by Crippen LogP contribution is 2.18. The van der Waals surface area contributed by atoms with Gasteiger partial charge in [0.05, 0.1) is 12.6 Å². The van der Waals surface area contributed by atoms with Crippen LogP contribution in [0, 0.1) is 0 Å². The molecule has 0 fully saturated rings. The molecule has 0 aliphatic carbocycles. The number of aromatic amines is 1. The maximum absolute atomic E-state index is 12.6. The number of rotatable bonds is 15. The number of amides is 4. The Hall–Kier alpha value is -4.46. The van der Waals surface area contributed by atoms with Gasteiger partial charge in [-0.05, 0) is 30.9 Å².